The van der Waals surface area contributed by atoms with Crippen molar-refractivity contribution in [3.63, 3.8) is 0 Å². The van der Waals surface area contributed by atoms with Crippen molar-refractivity contribution in [3.8, 4) is 0 Å². The van der Waals surface area contributed by atoms with E-state index < -0.39 is 6.10 Å². The van der Waals surface area contributed by atoms with Gasteiger partial charge in [0.15, 0.2) is 0 Å². The first-order valence-electron chi connectivity index (χ1n) is 5.39. The van der Waals surface area contributed by atoms with Crippen LogP contribution in [0.1, 0.15) is 25.6 Å². The third-order valence-electron chi connectivity index (χ3n) is 2.50. The number of aliphatic hydroxyl groups excluding tert-OH is 1. The summed E-state index contributed by atoms with van der Waals surface area (Å²) in [5.41, 5.74) is 0. The normalized spacial score (nSPS) is 12.5. The number of carbonyl (C=O) groups is 1. The minimum atomic E-state index is -0.425. The molecule has 0 saturated heterocycles. The number of hydrogen-bond donors (Lipinski definition) is 1. The van der Waals surface area contributed by atoms with E-state index in [4.69, 9.17) is 5.11 Å². The second kappa shape index (κ2) is 5.65. The fraction of sp³-hybridized carbons (Fsp3) is 0.636. The fourth-order valence-corrected chi connectivity index (χ4v) is 1.37. The lowest BCUT2D eigenvalue weighted by atomic mass is 10.2. The van der Waals surface area contributed by atoms with Crippen LogP contribution in [0, 0.1) is 0 Å². The van der Waals surface area contributed by atoms with Crippen molar-refractivity contribution in [1.29, 1.82) is 0 Å². The lowest BCUT2D eigenvalue weighted by Crippen LogP contribution is -2.27. The Morgan fingerprint density at radius 2 is 2.38 bits per heavy atom. The highest BCUT2D eigenvalue weighted by Crippen LogP contribution is 2.04. The summed E-state index contributed by atoms with van der Waals surface area (Å²) in [4.78, 5) is 17.4. The lowest BCUT2D eigenvalue weighted by molar-refractivity contribution is -0.131. The summed E-state index contributed by atoms with van der Waals surface area (Å²) in [5, 5.41) is 9.10. The molecule has 16 heavy (non-hydrogen) atoms. The van der Waals surface area contributed by atoms with Crippen LogP contribution >= 0.6 is 0 Å². The van der Waals surface area contributed by atoms with Crippen molar-refractivity contribution in [3.05, 3.63) is 18.2 Å². The third-order valence-corrected chi connectivity index (χ3v) is 2.50. The third kappa shape index (κ3) is 3.66. The molecule has 1 heterocycles. The van der Waals surface area contributed by atoms with E-state index in [2.05, 4.69) is 4.98 Å². The van der Waals surface area contributed by atoms with Crippen LogP contribution in [-0.4, -0.2) is 38.6 Å². The van der Waals surface area contributed by atoms with Crippen LogP contribution in [0.5, 0.6) is 0 Å². The summed E-state index contributed by atoms with van der Waals surface area (Å²) >= 11 is 0. The fourth-order valence-electron chi connectivity index (χ4n) is 1.37. The second-order valence-corrected chi connectivity index (χ2v) is 4.09. The summed E-state index contributed by atoms with van der Waals surface area (Å²) < 4.78 is 1.89. The molecule has 0 bridgehead atoms. The van der Waals surface area contributed by atoms with Gasteiger partial charge < -0.3 is 14.6 Å². The van der Waals surface area contributed by atoms with Crippen molar-refractivity contribution in [1.82, 2.24) is 14.5 Å². The summed E-state index contributed by atoms with van der Waals surface area (Å²) in [6.45, 7) is 2.19. The molecule has 0 aliphatic rings. The maximum Gasteiger partial charge on any atom is 0.222 e. The molecule has 1 unspecified atom stereocenters. The molecule has 1 rings (SSSR count). The van der Waals surface area contributed by atoms with Crippen LogP contribution in [0.3, 0.4) is 0 Å². The molecule has 0 aromatic carbocycles. The Hall–Kier alpha value is -1.36. The highest BCUT2D eigenvalue weighted by atomic mass is 16.3. The topological polar surface area (TPSA) is 58.4 Å². The monoisotopic (exact) mass is 225 g/mol. The number of amides is 1. The molecule has 0 radical (unpaired) electrons. The maximum absolute atomic E-state index is 11.7. The minimum Gasteiger partial charge on any atom is -0.393 e. The van der Waals surface area contributed by atoms with Gasteiger partial charge in [0.1, 0.15) is 5.82 Å². The number of nitrogens with zero attached hydrogens (tertiary/aromatic N) is 3. The molecule has 0 spiro atoms. The van der Waals surface area contributed by atoms with Crippen molar-refractivity contribution in [2.75, 3.05) is 7.05 Å². The van der Waals surface area contributed by atoms with Gasteiger partial charge in [0, 0.05) is 32.9 Å². The van der Waals surface area contributed by atoms with Crippen LogP contribution in [-0.2, 0) is 18.4 Å². The van der Waals surface area contributed by atoms with E-state index in [1.165, 1.54) is 0 Å². The maximum atomic E-state index is 11.7. The van der Waals surface area contributed by atoms with Crippen molar-refractivity contribution in [2.45, 2.75) is 32.4 Å². The van der Waals surface area contributed by atoms with E-state index in [0.717, 1.165) is 5.82 Å². The zero-order valence-electron chi connectivity index (χ0n) is 10.1. The first-order valence-corrected chi connectivity index (χ1v) is 5.39. The SMILES string of the molecule is CC(O)CCC(=O)N(C)Cc1nccn1C. The highest BCUT2D eigenvalue weighted by molar-refractivity contribution is 5.75. The molecule has 1 N–H and O–H groups in total. The Labute approximate surface area is 95.7 Å². The lowest BCUT2D eigenvalue weighted by Gasteiger charge is -2.17. The van der Waals surface area contributed by atoms with Gasteiger partial charge >= 0.3 is 0 Å². The van der Waals surface area contributed by atoms with Gasteiger partial charge in [-0.05, 0) is 13.3 Å². The molecule has 1 amide bonds. The smallest absolute Gasteiger partial charge is 0.222 e. The van der Waals surface area contributed by atoms with Crippen LogP contribution in [0.25, 0.3) is 0 Å². The number of aryl methyl sites for hydroxylation is 1. The molecule has 90 valence electrons. The molecule has 1 aromatic rings. The van der Waals surface area contributed by atoms with Crippen LogP contribution < -0.4 is 0 Å². The predicted octanol–water partition coefficient (Wildman–Crippen LogP) is 0.539. The number of hydrogen-bond acceptors (Lipinski definition) is 3. The van der Waals surface area contributed by atoms with Gasteiger partial charge in [0.05, 0.1) is 12.6 Å². The summed E-state index contributed by atoms with van der Waals surface area (Å²) in [6, 6.07) is 0. The number of imidazole rings is 1. The average Bonchev–Trinajstić information content (AvgIpc) is 2.60. The van der Waals surface area contributed by atoms with Crippen LogP contribution in [0.2, 0.25) is 0 Å². The van der Waals surface area contributed by atoms with Gasteiger partial charge in [-0.25, -0.2) is 4.98 Å². The van der Waals surface area contributed by atoms with E-state index in [-0.39, 0.29) is 5.91 Å². The quantitative estimate of drug-likeness (QED) is 0.795. The number of aromatic nitrogens is 2. The molecule has 1 aromatic heterocycles. The van der Waals surface area contributed by atoms with E-state index in [9.17, 15) is 4.79 Å². The van der Waals surface area contributed by atoms with Gasteiger partial charge in [-0.15, -0.1) is 0 Å². The molecule has 0 aliphatic carbocycles. The summed E-state index contributed by atoms with van der Waals surface area (Å²) in [6.07, 6.45) is 4.01. The predicted molar refractivity (Wildman–Crippen MR) is 60.6 cm³/mol. The Morgan fingerprint density at radius 1 is 1.69 bits per heavy atom. The zero-order valence-corrected chi connectivity index (χ0v) is 10.1. The van der Waals surface area contributed by atoms with Gasteiger partial charge in [-0.3, -0.25) is 4.79 Å². The molecule has 5 nitrogen and oxygen atoms in total. The highest BCUT2D eigenvalue weighted by Gasteiger charge is 2.12. The zero-order chi connectivity index (χ0) is 12.1. The summed E-state index contributed by atoms with van der Waals surface area (Å²) in [5.74, 6) is 0.886. The van der Waals surface area contributed by atoms with Crippen molar-refractivity contribution in [2.24, 2.45) is 7.05 Å². The molecule has 0 saturated carbocycles. The molecular formula is C11H19N3O2. The number of carbonyl (C=O) groups excluding carboxylic acids is 1. The Bertz CT molecular complexity index is 347. The van der Waals surface area contributed by atoms with E-state index in [1.807, 2.05) is 17.8 Å². The molecule has 1 atom stereocenters. The van der Waals surface area contributed by atoms with Crippen LogP contribution in [0.15, 0.2) is 12.4 Å². The van der Waals surface area contributed by atoms with E-state index in [0.29, 0.717) is 19.4 Å². The Balaban J connectivity index is 2.43. The standard InChI is InChI=1S/C11H19N3O2/c1-9(15)4-5-11(16)14(3)8-10-12-6-7-13(10)2/h6-7,9,15H,4-5,8H2,1-3H3. The van der Waals surface area contributed by atoms with Gasteiger partial charge in [-0.1, -0.05) is 0 Å². The molecule has 0 fully saturated rings. The first kappa shape index (κ1) is 12.7. The minimum absolute atomic E-state index is 0.0314. The number of aliphatic hydroxyl groups is 1. The van der Waals surface area contributed by atoms with Crippen LogP contribution in [0.4, 0.5) is 0 Å². The van der Waals surface area contributed by atoms with Crippen molar-refractivity contribution < 1.29 is 9.90 Å². The average molecular weight is 225 g/mol. The first-order chi connectivity index (χ1) is 7.50. The van der Waals surface area contributed by atoms with E-state index >= 15 is 0 Å². The Morgan fingerprint density at radius 3 is 2.88 bits per heavy atom. The Kier molecular flexibility index (Phi) is 4.49. The molecule has 0 aliphatic heterocycles. The number of rotatable bonds is 5. The molecular weight excluding hydrogens is 206 g/mol. The second-order valence-electron chi connectivity index (χ2n) is 4.09. The van der Waals surface area contributed by atoms with Crippen molar-refractivity contribution >= 4 is 5.91 Å². The van der Waals surface area contributed by atoms with Gasteiger partial charge in [0.2, 0.25) is 5.91 Å². The van der Waals surface area contributed by atoms with E-state index in [1.54, 1.807) is 25.1 Å². The summed E-state index contributed by atoms with van der Waals surface area (Å²) in [7, 11) is 3.65. The van der Waals surface area contributed by atoms with Gasteiger partial charge in [0.25, 0.3) is 0 Å². The van der Waals surface area contributed by atoms with Gasteiger partial charge in [-0.2, -0.15) is 0 Å². The largest absolute Gasteiger partial charge is 0.393 e. The molecule has 5 heteroatoms.